The van der Waals surface area contributed by atoms with E-state index in [-0.39, 0.29) is 5.97 Å². The van der Waals surface area contributed by atoms with Crippen molar-refractivity contribution in [3.8, 4) is 0 Å². The van der Waals surface area contributed by atoms with Crippen molar-refractivity contribution in [2.75, 3.05) is 13.2 Å². The Kier molecular flexibility index (Phi) is 6.44. The Hall–Kier alpha value is -1.35. The number of ether oxygens (including phenoxy) is 2. The number of hydrogen-bond acceptors (Lipinski definition) is 3. The summed E-state index contributed by atoms with van der Waals surface area (Å²) in [6.07, 6.45) is 1.77. The van der Waals surface area contributed by atoms with E-state index in [0.29, 0.717) is 19.8 Å². The predicted molar refractivity (Wildman–Crippen MR) is 71.4 cm³/mol. The van der Waals surface area contributed by atoms with E-state index in [9.17, 15) is 4.79 Å². The fourth-order valence-corrected chi connectivity index (χ4v) is 1.66. The lowest BCUT2D eigenvalue weighted by molar-refractivity contribution is -0.141. The molecule has 0 saturated carbocycles. The van der Waals surface area contributed by atoms with Gasteiger partial charge < -0.3 is 9.47 Å². The van der Waals surface area contributed by atoms with Gasteiger partial charge in [-0.05, 0) is 37.8 Å². The lowest BCUT2D eigenvalue weighted by Gasteiger charge is -2.08. The van der Waals surface area contributed by atoms with Gasteiger partial charge in [0.05, 0.1) is 13.2 Å². The van der Waals surface area contributed by atoms with Crippen LogP contribution in [0.25, 0.3) is 0 Å². The molecule has 0 spiro atoms. The van der Waals surface area contributed by atoms with Crippen molar-refractivity contribution in [1.29, 1.82) is 0 Å². The summed E-state index contributed by atoms with van der Waals surface area (Å²) in [7, 11) is 0. The molecule has 0 saturated heterocycles. The summed E-state index contributed by atoms with van der Waals surface area (Å²) in [5, 5.41) is 0. The van der Waals surface area contributed by atoms with Gasteiger partial charge in [0.25, 0.3) is 0 Å². The molecule has 0 atom stereocenters. The molecule has 0 aliphatic rings. The maximum Gasteiger partial charge on any atom is 0.302 e. The Morgan fingerprint density at radius 1 is 1.17 bits per heavy atom. The van der Waals surface area contributed by atoms with Gasteiger partial charge in [-0.25, -0.2) is 0 Å². The molecule has 3 heteroatoms. The first-order valence-electron chi connectivity index (χ1n) is 6.37. The van der Waals surface area contributed by atoms with Crippen LogP contribution in [0.2, 0.25) is 0 Å². The number of hydrogen-bond donors (Lipinski definition) is 0. The molecular formula is C15H22O3. The lowest BCUT2D eigenvalue weighted by atomic mass is 10.1. The summed E-state index contributed by atoms with van der Waals surface area (Å²) in [4.78, 5) is 10.5. The summed E-state index contributed by atoms with van der Waals surface area (Å²) >= 11 is 0. The largest absolute Gasteiger partial charge is 0.466 e. The minimum absolute atomic E-state index is 0.216. The summed E-state index contributed by atoms with van der Waals surface area (Å²) in [5.74, 6) is -0.216. The molecule has 0 aromatic heterocycles. The molecule has 0 radical (unpaired) electrons. The number of carbonyl (C=O) groups is 1. The molecule has 0 N–H and O–H groups in total. The molecule has 18 heavy (non-hydrogen) atoms. The first-order valence-corrected chi connectivity index (χ1v) is 6.37. The fourth-order valence-electron chi connectivity index (χ4n) is 1.66. The zero-order chi connectivity index (χ0) is 13.4. The molecule has 0 unspecified atom stereocenters. The molecule has 0 fully saturated rings. The van der Waals surface area contributed by atoms with Gasteiger partial charge in [-0.1, -0.05) is 23.8 Å². The second kappa shape index (κ2) is 7.88. The van der Waals surface area contributed by atoms with E-state index in [1.54, 1.807) is 0 Å². The SMILES string of the molecule is CC(=O)OCCCCOCc1cc(C)ccc1C. The van der Waals surface area contributed by atoms with Crippen molar-refractivity contribution < 1.29 is 14.3 Å². The highest BCUT2D eigenvalue weighted by Gasteiger charge is 1.99. The number of esters is 1. The Balaban J connectivity index is 2.14. The summed E-state index contributed by atoms with van der Waals surface area (Å²) in [5.41, 5.74) is 3.77. The van der Waals surface area contributed by atoms with Crippen molar-refractivity contribution in [3.63, 3.8) is 0 Å². The predicted octanol–water partition coefficient (Wildman–Crippen LogP) is 3.16. The average molecular weight is 250 g/mol. The Bertz CT molecular complexity index is 385. The van der Waals surface area contributed by atoms with Gasteiger partial charge in [0.15, 0.2) is 0 Å². The van der Waals surface area contributed by atoms with Gasteiger partial charge in [-0.3, -0.25) is 4.79 Å². The van der Waals surface area contributed by atoms with Crippen LogP contribution in [0.3, 0.4) is 0 Å². The van der Waals surface area contributed by atoms with E-state index < -0.39 is 0 Å². The molecule has 0 aliphatic heterocycles. The van der Waals surface area contributed by atoms with Gasteiger partial charge in [0.2, 0.25) is 0 Å². The monoisotopic (exact) mass is 250 g/mol. The molecule has 0 bridgehead atoms. The topological polar surface area (TPSA) is 35.5 Å². The maximum atomic E-state index is 10.5. The highest BCUT2D eigenvalue weighted by Crippen LogP contribution is 2.11. The molecule has 1 aromatic rings. The first kappa shape index (κ1) is 14.7. The van der Waals surface area contributed by atoms with Crippen LogP contribution in [0.4, 0.5) is 0 Å². The van der Waals surface area contributed by atoms with E-state index in [1.165, 1.54) is 23.6 Å². The van der Waals surface area contributed by atoms with Crippen LogP contribution < -0.4 is 0 Å². The molecule has 0 heterocycles. The van der Waals surface area contributed by atoms with E-state index in [0.717, 1.165) is 12.8 Å². The number of aryl methyl sites for hydroxylation is 2. The van der Waals surface area contributed by atoms with Gasteiger partial charge in [0, 0.05) is 13.5 Å². The minimum atomic E-state index is -0.216. The van der Waals surface area contributed by atoms with E-state index >= 15 is 0 Å². The fraction of sp³-hybridized carbons (Fsp3) is 0.533. The zero-order valence-corrected chi connectivity index (χ0v) is 11.5. The standard InChI is InChI=1S/C15H22O3/c1-12-6-7-13(2)15(10-12)11-17-8-4-5-9-18-14(3)16/h6-7,10H,4-5,8-9,11H2,1-3H3. The van der Waals surface area contributed by atoms with Crippen molar-refractivity contribution >= 4 is 5.97 Å². The van der Waals surface area contributed by atoms with Crippen molar-refractivity contribution in [1.82, 2.24) is 0 Å². The second-order valence-electron chi connectivity index (χ2n) is 4.53. The van der Waals surface area contributed by atoms with Crippen molar-refractivity contribution in [2.45, 2.75) is 40.2 Å². The quantitative estimate of drug-likeness (QED) is 0.551. The number of benzene rings is 1. The highest BCUT2D eigenvalue weighted by atomic mass is 16.5. The Morgan fingerprint density at radius 2 is 1.89 bits per heavy atom. The van der Waals surface area contributed by atoms with Crippen LogP contribution in [-0.2, 0) is 20.9 Å². The molecular weight excluding hydrogens is 228 g/mol. The molecule has 1 aromatic carbocycles. The number of rotatable bonds is 7. The van der Waals surface area contributed by atoms with Gasteiger partial charge >= 0.3 is 5.97 Å². The highest BCUT2D eigenvalue weighted by molar-refractivity contribution is 5.65. The molecule has 3 nitrogen and oxygen atoms in total. The third kappa shape index (κ3) is 5.82. The van der Waals surface area contributed by atoms with Crippen LogP contribution >= 0.6 is 0 Å². The molecule has 1 rings (SSSR count). The summed E-state index contributed by atoms with van der Waals surface area (Å²) in [6, 6.07) is 6.39. The van der Waals surface area contributed by atoms with Gasteiger partial charge in [0.1, 0.15) is 0 Å². The molecule has 100 valence electrons. The second-order valence-corrected chi connectivity index (χ2v) is 4.53. The number of unbranched alkanes of at least 4 members (excludes halogenated alkanes) is 1. The Labute approximate surface area is 109 Å². The van der Waals surface area contributed by atoms with Crippen LogP contribution in [0, 0.1) is 13.8 Å². The maximum absolute atomic E-state index is 10.5. The smallest absolute Gasteiger partial charge is 0.302 e. The third-order valence-corrected chi connectivity index (χ3v) is 2.75. The molecule has 0 amide bonds. The van der Waals surface area contributed by atoms with Crippen molar-refractivity contribution in [3.05, 3.63) is 34.9 Å². The normalized spacial score (nSPS) is 10.4. The van der Waals surface area contributed by atoms with Crippen molar-refractivity contribution in [2.24, 2.45) is 0 Å². The van der Waals surface area contributed by atoms with Crippen LogP contribution in [0.1, 0.15) is 36.5 Å². The summed E-state index contributed by atoms with van der Waals surface area (Å²) in [6.45, 7) is 7.45. The van der Waals surface area contributed by atoms with Crippen LogP contribution in [0.5, 0.6) is 0 Å². The first-order chi connectivity index (χ1) is 8.59. The van der Waals surface area contributed by atoms with Crippen LogP contribution in [0.15, 0.2) is 18.2 Å². The van der Waals surface area contributed by atoms with Crippen LogP contribution in [-0.4, -0.2) is 19.2 Å². The Morgan fingerprint density at radius 3 is 2.61 bits per heavy atom. The number of carbonyl (C=O) groups excluding carboxylic acids is 1. The lowest BCUT2D eigenvalue weighted by Crippen LogP contribution is -2.03. The average Bonchev–Trinajstić information content (AvgIpc) is 2.32. The van der Waals surface area contributed by atoms with E-state index in [4.69, 9.17) is 9.47 Å². The minimum Gasteiger partial charge on any atom is -0.466 e. The summed E-state index contributed by atoms with van der Waals surface area (Å²) < 4.78 is 10.5. The molecule has 0 aliphatic carbocycles. The third-order valence-electron chi connectivity index (χ3n) is 2.75. The van der Waals surface area contributed by atoms with Gasteiger partial charge in [-0.15, -0.1) is 0 Å². The zero-order valence-electron chi connectivity index (χ0n) is 11.5. The van der Waals surface area contributed by atoms with E-state index in [2.05, 4.69) is 32.0 Å². The van der Waals surface area contributed by atoms with E-state index in [1.807, 2.05) is 0 Å². The van der Waals surface area contributed by atoms with Gasteiger partial charge in [-0.2, -0.15) is 0 Å².